The molecule has 1 aromatic heterocycles. The molecule has 0 saturated heterocycles. The molecule has 1 heterocycles. The highest BCUT2D eigenvalue weighted by molar-refractivity contribution is 7.15. The number of aryl methyl sites for hydroxylation is 1. The fourth-order valence-corrected chi connectivity index (χ4v) is 2.20. The minimum absolute atomic E-state index is 0.141. The van der Waals surface area contributed by atoms with Gasteiger partial charge < -0.3 is 10.1 Å². The summed E-state index contributed by atoms with van der Waals surface area (Å²) in [6.45, 7) is 1.67. The number of para-hydroxylation sites is 1. The van der Waals surface area contributed by atoms with Crippen LogP contribution < -0.4 is 15.4 Å². The van der Waals surface area contributed by atoms with Gasteiger partial charge in [-0.15, -0.1) is 10.2 Å². The fourth-order valence-electron chi connectivity index (χ4n) is 1.51. The zero-order valence-corrected chi connectivity index (χ0v) is 12.9. The maximum absolute atomic E-state index is 11.7. The Labute approximate surface area is 131 Å². The third-order valence-electron chi connectivity index (χ3n) is 2.57. The molecule has 8 heteroatoms. The molecule has 1 aromatic carbocycles. The van der Waals surface area contributed by atoms with E-state index in [9.17, 15) is 9.59 Å². The summed E-state index contributed by atoms with van der Waals surface area (Å²) in [5.41, 5.74) is 0. The Kier molecular flexibility index (Phi) is 5.84. The third-order valence-corrected chi connectivity index (χ3v) is 3.56. The number of carbonyl (C=O) groups is 2. The molecule has 2 rings (SSSR count). The first-order valence-corrected chi connectivity index (χ1v) is 7.56. The number of carbonyl (C=O) groups excluding carboxylic acids is 2. The first kappa shape index (κ1) is 15.9. The maximum atomic E-state index is 11.7. The minimum Gasteiger partial charge on any atom is -0.484 e. The Hall–Kier alpha value is -2.48. The van der Waals surface area contributed by atoms with E-state index < -0.39 is 0 Å². The standard InChI is InChI=1S/C14H16N4O3S/c1-2-13-17-18-14(22-13)16-11(19)8-15-12(20)9-21-10-6-4-3-5-7-10/h3-7H,2,8-9H2,1H3,(H,15,20)(H,16,18,19). The molecule has 2 amide bonds. The average Bonchev–Trinajstić information content (AvgIpc) is 2.99. The predicted octanol–water partition coefficient (Wildman–Crippen LogP) is 1.23. The molecule has 0 aliphatic rings. The lowest BCUT2D eigenvalue weighted by Crippen LogP contribution is -2.35. The van der Waals surface area contributed by atoms with Gasteiger partial charge in [0.05, 0.1) is 6.54 Å². The van der Waals surface area contributed by atoms with Crippen LogP contribution in [0.5, 0.6) is 5.75 Å². The van der Waals surface area contributed by atoms with Crippen molar-refractivity contribution in [3.8, 4) is 5.75 Å². The van der Waals surface area contributed by atoms with Crippen LogP contribution in [0.3, 0.4) is 0 Å². The van der Waals surface area contributed by atoms with Crippen LogP contribution in [0.25, 0.3) is 0 Å². The van der Waals surface area contributed by atoms with Crippen LogP contribution in [0.1, 0.15) is 11.9 Å². The highest BCUT2D eigenvalue weighted by Gasteiger charge is 2.09. The molecule has 0 atom stereocenters. The van der Waals surface area contributed by atoms with E-state index in [1.807, 2.05) is 25.1 Å². The average molecular weight is 320 g/mol. The fraction of sp³-hybridized carbons (Fsp3) is 0.286. The molecule has 116 valence electrons. The molecule has 2 aromatic rings. The van der Waals surface area contributed by atoms with Crippen LogP contribution in [-0.4, -0.2) is 35.2 Å². The Morgan fingerprint density at radius 2 is 1.95 bits per heavy atom. The van der Waals surface area contributed by atoms with E-state index in [0.717, 1.165) is 11.4 Å². The normalized spacial score (nSPS) is 10.0. The van der Waals surface area contributed by atoms with Gasteiger partial charge in [0, 0.05) is 0 Å². The molecule has 2 N–H and O–H groups in total. The number of ether oxygens (including phenoxy) is 1. The van der Waals surface area contributed by atoms with E-state index in [1.54, 1.807) is 12.1 Å². The van der Waals surface area contributed by atoms with Gasteiger partial charge in [-0.25, -0.2) is 0 Å². The van der Waals surface area contributed by atoms with Gasteiger partial charge in [-0.1, -0.05) is 36.5 Å². The van der Waals surface area contributed by atoms with Gasteiger partial charge in [-0.3, -0.25) is 14.9 Å². The zero-order valence-electron chi connectivity index (χ0n) is 12.0. The summed E-state index contributed by atoms with van der Waals surface area (Å²) >= 11 is 1.31. The number of hydrogen-bond donors (Lipinski definition) is 2. The first-order valence-electron chi connectivity index (χ1n) is 6.74. The molecular weight excluding hydrogens is 304 g/mol. The van der Waals surface area contributed by atoms with Gasteiger partial charge in [0.2, 0.25) is 11.0 Å². The van der Waals surface area contributed by atoms with Gasteiger partial charge in [0.25, 0.3) is 5.91 Å². The molecule has 0 fully saturated rings. The van der Waals surface area contributed by atoms with Crippen molar-refractivity contribution in [3.05, 3.63) is 35.3 Å². The Morgan fingerprint density at radius 3 is 2.64 bits per heavy atom. The van der Waals surface area contributed by atoms with Gasteiger partial charge in [-0.05, 0) is 18.6 Å². The minimum atomic E-state index is -0.370. The number of benzene rings is 1. The highest BCUT2D eigenvalue weighted by Crippen LogP contribution is 2.14. The van der Waals surface area contributed by atoms with Gasteiger partial charge in [0.15, 0.2) is 6.61 Å². The van der Waals surface area contributed by atoms with Crippen LogP contribution in [0.15, 0.2) is 30.3 Å². The summed E-state index contributed by atoms with van der Waals surface area (Å²) in [4.78, 5) is 23.2. The summed E-state index contributed by atoms with van der Waals surface area (Å²) in [7, 11) is 0. The van der Waals surface area contributed by atoms with E-state index in [0.29, 0.717) is 10.9 Å². The largest absolute Gasteiger partial charge is 0.484 e. The molecule has 0 spiro atoms. The number of nitrogens with one attached hydrogen (secondary N) is 2. The van der Waals surface area contributed by atoms with E-state index >= 15 is 0 Å². The zero-order chi connectivity index (χ0) is 15.8. The van der Waals surface area contributed by atoms with E-state index in [-0.39, 0.29) is 25.0 Å². The SMILES string of the molecule is CCc1nnc(NC(=O)CNC(=O)COc2ccccc2)s1. The van der Waals surface area contributed by atoms with Crippen LogP contribution in [0.4, 0.5) is 5.13 Å². The Bertz CT molecular complexity index is 630. The van der Waals surface area contributed by atoms with Gasteiger partial charge in [-0.2, -0.15) is 0 Å². The highest BCUT2D eigenvalue weighted by atomic mass is 32.1. The summed E-state index contributed by atoms with van der Waals surface area (Å²) in [5, 5.41) is 14.0. The molecule has 0 unspecified atom stereocenters. The topological polar surface area (TPSA) is 93.2 Å². The quantitative estimate of drug-likeness (QED) is 0.800. The number of nitrogens with zero attached hydrogens (tertiary/aromatic N) is 2. The van der Waals surface area contributed by atoms with Crippen LogP contribution >= 0.6 is 11.3 Å². The molecule has 0 aliphatic carbocycles. The smallest absolute Gasteiger partial charge is 0.258 e. The van der Waals surface area contributed by atoms with Crippen molar-refractivity contribution in [2.75, 3.05) is 18.5 Å². The molecule has 0 saturated carbocycles. The number of rotatable bonds is 7. The maximum Gasteiger partial charge on any atom is 0.258 e. The van der Waals surface area contributed by atoms with Crippen molar-refractivity contribution >= 4 is 28.3 Å². The second-order valence-electron chi connectivity index (χ2n) is 4.28. The lowest BCUT2D eigenvalue weighted by molar-refractivity contribution is -0.125. The second-order valence-corrected chi connectivity index (χ2v) is 5.34. The van der Waals surface area contributed by atoms with Crippen LogP contribution in [0, 0.1) is 0 Å². The van der Waals surface area contributed by atoms with Crippen molar-refractivity contribution in [2.24, 2.45) is 0 Å². The molecular formula is C14H16N4O3S. The van der Waals surface area contributed by atoms with Crippen molar-refractivity contribution in [1.82, 2.24) is 15.5 Å². The van der Waals surface area contributed by atoms with Crippen molar-refractivity contribution in [2.45, 2.75) is 13.3 Å². The molecule has 0 bridgehead atoms. The number of amides is 2. The molecule has 7 nitrogen and oxygen atoms in total. The molecule has 22 heavy (non-hydrogen) atoms. The number of anilines is 1. The third kappa shape index (κ3) is 5.13. The first-order chi connectivity index (χ1) is 10.7. The van der Waals surface area contributed by atoms with Gasteiger partial charge in [0.1, 0.15) is 10.8 Å². The van der Waals surface area contributed by atoms with Crippen molar-refractivity contribution in [1.29, 1.82) is 0 Å². The second kappa shape index (κ2) is 8.08. The summed E-state index contributed by atoms with van der Waals surface area (Å²) in [6, 6.07) is 8.98. The summed E-state index contributed by atoms with van der Waals surface area (Å²) in [6.07, 6.45) is 0.765. The van der Waals surface area contributed by atoms with E-state index in [2.05, 4.69) is 20.8 Å². The Morgan fingerprint density at radius 1 is 1.18 bits per heavy atom. The summed E-state index contributed by atoms with van der Waals surface area (Å²) < 4.78 is 5.27. The van der Waals surface area contributed by atoms with Crippen LogP contribution in [-0.2, 0) is 16.0 Å². The lowest BCUT2D eigenvalue weighted by Gasteiger charge is -2.06. The molecule has 0 radical (unpaired) electrons. The monoisotopic (exact) mass is 320 g/mol. The van der Waals surface area contributed by atoms with Crippen LogP contribution in [0.2, 0.25) is 0 Å². The number of hydrogen-bond acceptors (Lipinski definition) is 6. The van der Waals surface area contributed by atoms with Gasteiger partial charge >= 0.3 is 0 Å². The van der Waals surface area contributed by atoms with Crippen molar-refractivity contribution in [3.63, 3.8) is 0 Å². The van der Waals surface area contributed by atoms with E-state index in [4.69, 9.17) is 4.74 Å². The predicted molar refractivity (Wildman–Crippen MR) is 82.9 cm³/mol. The van der Waals surface area contributed by atoms with Crippen molar-refractivity contribution < 1.29 is 14.3 Å². The lowest BCUT2D eigenvalue weighted by atomic mass is 10.3. The summed E-state index contributed by atoms with van der Waals surface area (Å²) in [5.74, 6) is -0.125. The molecule has 0 aliphatic heterocycles. The van der Waals surface area contributed by atoms with E-state index in [1.165, 1.54) is 11.3 Å². The Balaban J connectivity index is 1.68. The number of aromatic nitrogens is 2.